The van der Waals surface area contributed by atoms with Crippen LogP contribution in [-0.2, 0) is 14.8 Å². The Morgan fingerprint density at radius 2 is 1.71 bits per heavy atom. The Hall–Kier alpha value is -2.58. The number of carbonyl (C=O) groups excluding carboxylic acids is 1. The Bertz CT molecular complexity index is 1060. The zero-order valence-electron chi connectivity index (χ0n) is 20.5. The third kappa shape index (κ3) is 6.73. The molecule has 0 aromatic heterocycles. The maximum absolute atomic E-state index is 12.7. The van der Waals surface area contributed by atoms with E-state index in [0.717, 1.165) is 36.1 Å². The van der Waals surface area contributed by atoms with Crippen molar-refractivity contribution in [2.24, 2.45) is 0 Å². The number of aryl methyl sites for hydroxylation is 1. The molecule has 0 unspecified atom stereocenters. The van der Waals surface area contributed by atoms with Crippen molar-refractivity contribution in [3.05, 3.63) is 53.6 Å². The zero-order valence-corrected chi connectivity index (χ0v) is 21.4. The first-order chi connectivity index (χ1) is 16.2. The van der Waals surface area contributed by atoms with Gasteiger partial charge in [-0.2, -0.15) is 4.31 Å². The lowest BCUT2D eigenvalue weighted by Crippen LogP contribution is -2.38. The molecule has 1 aliphatic rings. The van der Waals surface area contributed by atoms with E-state index in [1.165, 1.54) is 0 Å². The van der Waals surface area contributed by atoms with Crippen molar-refractivity contribution < 1.29 is 22.7 Å². The van der Waals surface area contributed by atoms with E-state index in [-0.39, 0.29) is 17.4 Å². The van der Waals surface area contributed by atoms with Crippen LogP contribution in [0.5, 0.6) is 11.5 Å². The summed E-state index contributed by atoms with van der Waals surface area (Å²) in [6.45, 7) is 9.63. The van der Waals surface area contributed by atoms with E-state index >= 15 is 0 Å². The van der Waals surface area contributed by atoms with Crippen molar-refractivity contribution in [3.8, 4) is 11.5 Å². The predicted molar refractivity (Wildman–Crippen MR) is 133 cm³/mol. The van der Waals surface area contributed by atoms with Crippen LogP contribution in [0.4, 0.5) is 0 Å². The fraction of sp³-hybridized carbons (Fsp3) is 0.500. The third-order valence-corrected chi connectivity index (χ3v) is 7.82. The highest BCUT2D eigenvalue weighted by Crippen LogP contribution is 2.28. The van der Waals surface area contributed by atoms with Crippen LogP contribution < -0.4 is 14.8 Å². The van der Waals surface area contributed by atoms with E-state index in [1.54, 1.807) is 35.5 Å². The molecule has 0 radical (unpaired) electrons. The van der Waals surface area contributed by atoms with E-state index in [9.17, 15) is 13.2 Å². The number of sulfonamides is 1. The molecule has 0 bridgehead atoms. The maximum Gasteiger partial charge on any atom is 0.260 e. The molecule has 2 aromatic carbocycles. The molecular weight excluding hydrogens is 452 g/mol. The third-order valence-electron chi connectivity index (χ3n) is 5.91. The molecule has 3 rings (SSSR count). The van der Waals surface area contributed by atoms with E-state index in [1.807, 2.05) is 25.1 Å². The second-order valence-corrected chi connectivity index (χ2v) is 11.0. The summed E-state index contributed by atoms with van der Waals surface area (Å²) in [5.41, 5.74) is 2.15. The average molecular weight is 489 g/mol. The molecule has 1 fully saturated rings. The van der Waals surface area contributed by atoms with Gasteiger partial charge in [-0.15, -0.1) is 0 Å². The van der Waals surface area contributed by atoms with Crippen molar-refractivity contribution in [1.29, 1.82) is 0 Å². The van der Waals surface area contributed by atoms with Crippen molar-refractivity contribution in [2.75, 3.05) is 26.2 Å². The molecule has 2 aromatic rings. The van der Waals surface area contributed by atoms with Crippen LogP contribution in [0, 0.1) is 6.92 Å². The summed E-state index contributed by atoms with van der Waals surface area (Å²) < 4.78 is 38.6. The van der Waals surface area contributed by atoms with Gasteiger partial charge in [-0.3, -0.25) is 4.79 Å². The molecule has 1 heterocycles. The van der Waals surface area contributed by atoms with Crippen molar-refractivity contribution in [1.82, 2.24) is 9.62 Å². The van der Waals surface area contributed by atoms with Crippen LogP contribution >= 0.6 is 0 Å². The number of piperidine rings is 1. The average Bonchev–Trinajstić information content (AvgIpc) is 2.82. The number of nitrogens with zero attached hydrogens (tertiary/aromatic N) is 1. The van der Waals surface area contributed by atoms with Crippen molar-refractivity contribution >= 4 is 15.9 Å². The number of ether oxygens (including phenoxy) is 2. The normalized spacial score (nSPS) is 15.7. The van der Waals surface area contributed by atoms with E-state index < -0.39 is 16.1 Å². The molecule has 1 amide bonds. The van der Waals surface area contributed by atoms with Crippen molar-refractivity contribution in [3.63, 3.8) is 0 Å². The summed E-state index contributed by atoms with van der Waals surface area (Å²) in [4.78, 5) is 12.7. The smallest absolute Gasteiger partial charge is 0.260 e. The van der Waals surface area contributed by atoms with Crippen LogP contribution in [0.3, 0.4) is 0 Å². The first-order valence-corrected chi connectivity index (χ1v) is 13.4. The molecular formula is C26H36N2O5S. The Balaban J connectivity index is 1.46. The molecule has 0 saturated carbocycles. The van der Waals surface area contributed by atoms with Crippen LogP contribution in [0.15, 0.2) is 47.4 Å². The zero-order chi connectivity index (χ0) is 24.7. The lowest BCUT2D eigenvalue weighted by Gasteiger charge is -2.25. The fourth-order valence-electron chi connectivity index (χ4n) is 3.91. The fourth-order valence-corrected chi connectivity index (χ4v) is 5.43. The van der Waals surface area contributed by atoms with Gasteiger partial charge in [0.05, 0.1) is 11.4 Å². The minimum absolute atomic E-state index is 0.220. The first kappa shape index (κ1) is 26.0. The Morgan fingerprint density at radius 3 is 2.35 bits per heavy atom. The Kier molecular flexibility index (Phi) is 8.97. The maximum atomic E-state index is 12.7. The number of hydrogen-bond acceptors (Lipinski definition) is 5. The topological polar surface area (TPSA) is 84.9 Å². The molecule has 1 N–H and O–H groups in total. The second kappa shape index (κ2) is 11.7. The summed E-state index contributed by atoms with van der Waals surface area (Å²) in [7, 11) is -3.46. The van der Waals surface area contributed by atoms with Gasteiger partial charge in [0.25, 0.3) is 5.91 Å². The Labute approximate surface area is 203 Å². The minimum atomic E-state index is -3.46. The summed E-state index contributed by atoms with van der Waals surface area (Å²) in [6.07, 6.45) is 2.24. The van der Waals surface area contributed by atoms with Gasteiger partial charge in [-0.05, 0) is 74.1 Å². The van der Waals surface area contributed by atoms with Gasteiger partial charge in [0.2, 0.25) is 10.0 Å². The van der Waals surface area contributed by atoms with Crippen LogP contribution in [0.25, 0.3) is 0 Å². The van der Waals surface area contributed by atoms with Crippen molar-refractivity contribution in [2.45, 2.75) is 63.9 Å². The summed E-state index contributed by atoms with van der Waals surface area (Å²) in [5.74, 6) is 1.36. The minimum Gasteiger partial charge on any atom is -0.492 e. The predicted octanol–water partition coefficient (Wildman–Crippen LogP) is 4.26. The molecule has 34 heavy (non-hydrogen) atoms. The van der Waals surface area contributed by atoms with E-state index in [2.05, 4.69) is 19.2 Å². The highest BCUT2D eigenvalue weighted by atomic mass is 32.2. The quantitative estimate of drug-likeness (QED) is 0.505. The summed E-state index contributed by atoms with van der Waals surface area (Å²) >= 11 is 0. The van der Waals surface area contributed by atoms with Crippen LogP contribution in [0.2, 0.25) is 0 Å². The van der Waals surface area contributed by atoms with Gasteiger partial charge in [0.1, 0.15) is 18.1 Å². The van der Waals surface area contributed by atoms with E-state index in [4.69, 9.17) is 9.47 Å². The monoisotopic (exact) mass is 488 g/mol. The molecule has 1 atom stereocenters. The van der Waals surface area contributed by atoms with Gasteiger partial charge < -0.3 is 14.8 Å². The second-order valence-electron chi connectivity index (χ2n) is 9.03. The molecule has 7 nitrogen and oxygen atoms in total. The SMILES string of the molecule is Cc1ccc(C(C)C)c(O[C@@H](C)C(=O)NCCOc2ccc(S(=O)(=O)N3CCCCC3)cc2)c1. The number of rotatable bonds is 10. The molecule has 1 saturated heterocycles. The van der Waals surface area contributed by atoms with E-state index in [0.29, 0.717) is 31.3 Å². The number of hydrogen-bond donors (Lipinski definition) is 1. The van der Waals surface area contributed by atoms with Gasteiger partial charge in [-0.1, -0.05) is 32.4 Å². The first-order valence-electron chi connectivity index (χ1n) is 12.0. The van der Waals surface area contributed by atoms with Gasteiger partial charge in [0.15, 0.2) is 6.10 Å². The molecule has 0 aliphatic carbocycles. The molecule has 186 valence electrons. The largest absolute Gasteiger partial charge is 0.492 e. The van der Waals surface area contributed by atoms with Gasteiger partial charge in [-0.25, -0.2) is 8.42 Å². The van der Waals surface area contributed by atoms with Crippen LogP contribution in [0.1, 0.15) is 57.1 Å². The number of carbonyl (C=O) groups is 1. The highest BCUT2D eigenvalue weighted by Gasteiger charge is 2.25. The lowest BCUT2D eigenvalue weighted by atomic mass is 10.0. The highest BCUT2D eigenvalue weighted by molar-refractivity contribution is 7.89. The standard InChI is InChI=1S/C26H36N2O5S/c1-19(2)24-13-8-20(3)18-25(24)33-21(4)26(29)27-14-17-32-22-9-11-23(12-10-22)34(30,31)28-15-6-5-7-16-28/h8-13,18-19,21H,5-7,14-17H2,1-4H3,(H,27,29)/t21-/m0/s1. The number of amides is 1. The number of benzene rings is 2. The lowest BCUT2D eigenvalue weighted by molar-refractivity contribution is -0.127. The van der Waals surface area contributed by atoms with Gasteiger partial charge >= 0.3 is 0 Å². The molecule has 8 heteroatoms. The number of nitrogens with one attached hydrogen (secondary N) is 1. The van der Waals surface area contributed by atoms with Gasteiger partial charge in [0, 0.05) is 13.1 Å². The van der Waals surface area contributed by atoms with Crippen LogP contribution in [-0.4, -0.2) is 51.0 Å². The summed E-state index contributed by atoms with van der Waals surface area (Å²) in [5, 5.41) is 2.82. The molecule has 1 aliphatic heterocycles. The molecule has 0 spiro atoms. The Morgan fingerprint density at radius 1 is 1.03 bits per heavy atom. The summed E-state index contributed by atoms with van der Waals surface area (Å²) in [6, 6.07) is 12.5.